The molecule has 0 saturated carbocycles. The monoisotopic (exact) mass is 250 g/mol. The van der Waals surface area contributed by atoms with Gasteiger partial charge in [-0.15, -0.1) is 0 Å². The molecule has 6 nitrogen and oxygen atoms in total. The number of carbonyl (C=O) groups excluding carboxylic acids is 1. The van der Waals surface area contributed by atoms with Gasteiger partial charge in [0.25, 0.3) is 0 Å². The summed E-state index contributed by atoms with van der Waals surface area (Å²) >= 11 is 0. The van der Waals surface area contributed by atoms with Gasteiger partial charge in [-0.1, -0.05) is 0 Å². The van der Waals surface area contributed by atoms with Crippen LogP contribution in [0.4, 0.5) is 10.1 Å². The molecule has 2 heterocycles. The number of carbonyl (C=O) groups is 1. The topological polar surface area (TPSA) is 83.0 Å². The van der Waals surface area contributed by atoms with Gasteiger partial charge >= 0.3 is 5.97 Å². The number of pyridine rings is 1. The lowest BCUT2D eigenvalue weighted by atomic mass is 10.2. The Bertz CT molecular complexity index is 609. The molecule has 0 aliphatic carbocycles. The molecule has 94 valence electrons. The molecule has 2 rings (SSSR count). The zero-order valence-electron chi connectivity index (χ0n) is 9.85. The summed E-state index contributed by atoms with van der Waals surface area (Å²) in [6, 6.07) is 1.41. The maximum Gasteiger partial charge on any atom is 0.358 e. The fourth-order valence-electron chi connectivity index (χ4n) is 1.39. The first kappa shape index (κ1) is 12.0. The quantitative estimate of drug-likeness (QED) is 0.806. The molecule has 2 aromatic rings. The van der Waals surface area contributed by atoms with E-state index in [1.165, 1.54) is 25.6 Å². The van der Waals surface area contributed by atoms with E-state index < -0.39 is 11.8 Å². The number of halogens is 1. The Hall–Kier alpha value is -2.44. The number of nitrogen functional groups attached to an aromatic ring is 1. The van der Waals surface area contributed by atoms with Gasteiger partial charge in [-0.2, -0.15) is 5.10 Å². The number of hydrogen-bond donors (Lipinski definition) is 1. The van der Waals surface area contributed by atoms with Crippen LogP contribution in [0.25, 0.3) is 5.82 Å². The predicted octanol–water partition coefficient (Wildman–Crippen LogP) is 1.08. The molecule has 2 N–H and O–H groups in total. The van der Waals surface area contributed by atoms with Gasteiger partial charge in [-0.05, 0) is 18.6 Å². The molecular weight excluding hydrogens is 239 g/mol. The highest BCUT2D eigenvalue weighted by Gasteiger charge is 2.15. The molecule has 0 aliphatic rings. The maximum atomic E-state index is 13.9. The standard InChI is InChI=1S/C11H11FN4O2/c1-6-5-14-10(8(12)9(6)13)16-4-3-7(15-16)11(17)18-2/h3-5H,1-2H3,(H2,13,14). The first-order valence-electron chi connectivity index (χ1n) is 5.09. The summed E-state index contributed by atoms with van der Waals surface area (Å²) < 4.78 is 19.5. The van der Waals surface area contributed by atoms with E-state index in [0.717, 1.165) is 4.68 Å². The minimum Gasteiger partial charge on any atom is -0.464 e. The Morgan fingerprint density at radius 2 is 2.28 bits per heavy atom. The fourth-order valence-corrected chi connectivity index (χ4v) is 1.39. The van der Waals surface area contributed by atoms with Crippen LogP contribution in [0.1, 0.15) is 16.1 Å². The third-order valence-electron chi connectivity index (χ3n) is 2.44. The lowest BCUT2D eigenvalue weighted by Gasteiger charge is -2.06. The molecule has 0 atom stereocenters. The van der Waals surface area contributed by atoms with Crippen molar-refractivity contribution < 1.29 is 13.9 Å². The molecule has 0 spiro atoms. The number of aryl methyl sites for hydroxylation is 1. The highest BCUT2D eigenvalue weighted by atomic mass is 19.1. The average Bonchev–Trinajstić information content (AvgIpc) is 2.84. The number of rotatable bonds is 2. The minimum atomic E-state index is -0.672. The van der Waals surface area contributed by atoms with Gasteiger partial charge in [-0.3, -0.25) is 0 Å². The molecule has 0 unspecified atom stereocenters. The zero-order chi connectivity index (χ0) is 13.3. The highest BCUT2D eigenvalue weighted by molar-refractivity contribution is 5.86. The van der Waals surface area contributed by atoms with Crippen LogP contribution >= 0.6 is 0 Å². The Morgan fingerprint density at radius 3 is 2.94 bits per heavy atom. The summed E-state index contributed by atoms with van der Waals surface area (Å²) in [5, 5.41) is 3.87. The van der Waals surface area contributed by atoms with Crippen molar-refractivity contribution in [1.82, 2.24) is 14.8 Å². The molecule has 0 amide bonds. The Morgan fingerprint density at radius 1 is 1.56 bits per heavy atom. The second kappa shape index (κ2) is 4.44. The van der Waals surface area contributed by atoms with Crippen LogP contribution in [-0.4, -0.2) is 27.8 Å². The Balaban J connectivity index is 2.47. The van der Waals surface area contributed by atoms with E-state index in [9.17, 15) is 9.18 Å². The number of hydrogen-bond acceptors (Lipinski definition) is 5. The number of anilines is 1. The SMILES string of the molecule is COC(=O)c1ccn(-c2ncc(C)c(N)c2F)n1. The molecule has 7 heteroatoms. The second-order valence-corrected chi connectivity index (χ2v) is 3.63. The number of nitrogens with two attached hydrogens (primary N) is 1. The van der Waals surface area contributed by atoms with Gasteiger partial charge < -0.3 is 10.5 Å². The summed E-state index contributed by atoms with van der Waals surface area (Å²) in [6.07, 6.45) is 2.85. The van der Waals surface area contributed by atoms with E-state index >= 15 is 0 Å². The van der Waals surface area contributed by atoms with Crippen LogP contribution < -0.4 is 5.73 Å². The van der Waals surface area contributed by atoms with Crippen LogP contribution in [-0.2, 0) is 4.74 Å². The second-order valence-electron chi connectivity index (χ2n) is 3.63. The molecule has 0 bridgehead atoms. The highest BCUT2D eigenvalue weighted by Crippen LogP contribution is 2.19. The lowest BCUT2D eigenvalue weighted by Crippen LogP contribution is -2.08. The molecule has 0 fully saturated rings. The minimum absolute atomic E-state index is 0.00937. The van der Waals surface area contributed by atoms with E-state index in [1.807, 2.05) is 0 Å². The third-order valence-corrected chi connectivity index (χ3v) is 2.44. The zero-order valence-corrected chi connectivity index (χ0v) is 9.85. The normalized spacial score (nSPS) is 10.4. The van der Waals surface area contributed by atoms with Crippen molar-refractivity contribution in [1.29, 1.82) is 0 Å². The van der Waals surface area contributed by atoms with Crippen molar-refractivity contribution >= 4 is 11.7 Å². The first-order chi connectivity index (χ1) is 8.54. The van der Waals surface area contributed by atoms with Crippen molar-refractivity contribution in [2.75, 3.05) is 12.8 Å². The van der Waals surface area contributed by atoms with Crippen molar-refractivity contribution in [2.24, 2.45) is 0 Å². The number of methoxy groups -OCH3 is 1. The van der Waals surface area contributed by atoms with Crippen molar-refractivity contribution in [3.05, 3.63) is 35.5 Å². The molecule has 0 aromatic carbocycles. The van der Waals surface area contributed by atoms with Crippen LogP contribution in [0, 0.1) is 12.7 Å². The van der Waals surface area contributed by atoms with Crippen molar-refractivity contribution in [3.8, 4) is 5.82 Å². The molecule has 0 aliphatic heterocycles. The van der Waals surface area contributed by atoms with Crippen LogP contribution in [0.15, 0.2) is 18.5 Å². The van der Waals surface area contributed by atoms with E-state index in [4.69, 9.17) is 5.73 Å². The van der Waals surface area contributed by atoms with Crippen molar-refractivity contribution in [3.63, 3.8) is 0 Å². The molecule has 18 heavy (non-hydrogen) atoms. The summed E-state index contributed by atoms with van der Waals surface area (Å²) in [6.45, 7) is 1.65. The van der Waals surface area contributed by atoms with E-state index in [2.05, 4.69) is 14.8 Å². The Kier molecular flexibility index (Phi) is 2.97. The van der Waals surface area contributed by atoms with Gasteiger partial charge in [0, 0.05) is 12.4 Å². The molecule has 0 saturated heterocycles. The fraction of sp³-hybridized carbons (Fsp3) is 0.182. The molecule has 2 aromatic heterocycles. The Labute approximate surface area is 102 Å². The van der Waals surface area contributed by atoms with Gasteiger partial charge in [-0.25, -0.2) is 18.9 Å². The summed E-state index contributed by atoms with van der Waals surface area (Å²) in [7, 11) is 1.24. The van der Waals surface area contributed by atoms with Crippen LogP contribution in [0.2, 0.25) is 0 Å². The summed E-state index contributed by atoms with van der Waals surface area (Å²) in [4.78, 5) is 15.1. The van der Waals surface area contributed by atoms with E-state index in [1.54, 1.807) is 6.92 Å². The number of ether oxygens (including phenoxy) is 1. The van der Waals surface area contributed by atoms with Crippen LogP contribution in [0.3, 0.4) is 0 Å². The summed E-state index contributed by atoms with van der Waals surface area (Å²) in [5.74, 6) is -1.34. The number of aromatic nitrogens is 3. The first-order valence-corrected chi connectivity index (χ1v) is 5.09. The predicted molar refractivity (Wildman–Crippen MR) is 61.8 cm³/mol. The van der Waals surface area contributed by atoms with Gasteiger partial charge in [0.1, 0.15) is 0 Å². The largest absolute Gasteiger partial charge is 0.464 e. The van der Waals surface area contributed by atoms with Gasteiger partial charge in [0.05, 0.1) is 12.8 Å². The average molecular weight is 250 g/mol. The lowest BCUT2D eigenvalue weighted by molar-refractivity contribution is 0.0593. The van der Waals surface area contributed by atoms with E-state index in [0.29, 0.717) is 5.56 Å². The van der Waals surface area contributed by atoms with E-state index in [-0.39, 0.29) is 17.2 Å². The smallest absolute Gasteiger partial charge is 0.358 e. The number of esters is 1. The third kappa shape index (κ3) is 1.90. The van der Waals surface area contributed by atoms with Gasteiger partial charge in [0.15, 0.2) is 17.3 Å². The maximum absolute atomic E-state index is 13.9. The van der Waals surface area contributed by atoms with Gasteiger partial charge in [0.2, 0.25) is 0 Å². The van der Waals surface area contributed by atoms with Crippen molar-refractivity contribution in [2.45, 2.75) is 6.92 Å². The summed E-state index contributed by atoms with van der Waals surface area (Å²) in [5.41, 5.74) is 6.18. The number of nitrogens with zero attached hydrogens (tertiary/aromatic N) is 3. The molecular formula is C11H11FN4O2. The molecule has 0 radical (unpaired) electrons. The van der Waals surface area contributed by atoms with Crippen LogP contribution in [0.5, 0.6) is 0 Å².